The van der Waals surface area contributed by atoms with Crippen LogP contribution >= 0.6 is 0 Å². The Bertz CT molecular complexity index is 694. The lowest BCUT2D eigenvalue weighted by molar-refractivity contribution is -0.348. The lowest BCUT2D eigenvalue weighted by Crippen LogP contribution is -2.69. The normalized spacial score (nSPS) is 50.1. The molecule has 3 aliphatic rings. The molecule has 0 bridgehead atoms. The summed E-state index contributed by atoms with van der Waals surface area (Å²) in [5, 5.41) is 112. The summed E-state index contributed by atoms with van der Waals surface area (Å²) in [6, 6.07) is -2.36. The third-order valence-electron chi connectivity index (χ3n) is 6.40. The van der Waals surface area contributed by atoms with Gasteiger partial charge in [0.15, 0.2) is 12.6 Å². The van der Waals surface area contributed by atoms with E-state index >= 15 is 0 Å². The highest BCUT2D eigenvalue weighted by molar-refractivity contribution is 5.22. The Balaban J connectivity index is 1.75. The second kappa shape index (κ2) is 11.5. The first-order valence-electron chi connectivity index (χ1n) is 10.8. The third-order valence-corrected chi connectivity index (χ3v) is 6.40. The molecule has 0 spiro atoms. The predicted molar refractivity (Wildman–Crippen MR) is 107 cm³/mol. The molecule has 2 fully saturated rings. The van der Waals surface area contributed by atoms with Crippen LogP contribution in [0.15, 0.2) is 11.6 Å². The minimum absolute atomic E-state index is 0.00546. The van der Waals surface area contributed by atoms with Crippen molar-refractivity contribution in [1.29, 1.82) is 0 Å². The molecule has 0 radical (unpaired) electrons. The van der Waals surface area contributed by atoms with Gasteiger partial charge in [0.25, 0.3) is 0 Å². The molecule has 3 rings (SSSR count). The first-order valence-corrected chi connectivity index (χ1v) is 10.8. The molecule has 14 unspecified atom stereocenters. The van der Waals surface area contributed by atoms with Crippen molar-refractivity contribution >= 4 is 0 Å². The Labute approximate surface area is 193 Å². The molecule has 34 heavy (non-hydrogen) atoms. The molecular weight excluding hydrogens is 466 g/mol. The van der Waals surface area contributed by atoms with E-state index < -0.39 is 106 Å². The molecule has 2 aliphatic heterocycles. The van der Waals surface area contributed by atoms with E-state index in [1.54, 1.807) is 0 Å². The zero-order valence-corrected chi connectivity index (χ0v) is 17.9. The number of rotatable bonds is 7. The SMILES string of the molecule is OCC1=CC(NC2C(CO)OC(OC3C(CO)OC(O)C(O)C3O)C(O)C2O)C(O)C(O)C1O. The second-order valence-corrected chi connectivity index (χ2v) is 8.58. The Morgan fingerprint density at radius 3 is 1.97 bits per heavy atom. The first kappa shape index (κ1) is 27.7. The Kier molecular flexibility index (Phi) is 9.35. The van der Waals surface area contributed by atoms with Crippen molar-refractivity contribution in [2.75, 3.05) is 19.8 Å². The van der Waals surface area contributed by atoms with Gasteiger partial charge < -0.3 is 75.7 Å². The van der Waals surface area contributed by atoms with Crippen LogP contribution in [0.25, 0.3) is 0 Å². The number of hydrogen-bond donors (Lipinski definition) is 12. The smallest absolute Gasteiger partial charge is 0.187 e. The van der Waals surface area contributed by atoms with Crippen LogP contribution in [0.1, 0.15) is 0 Å². The largest absolute Gasteiger partial charge is 0.394 e. The summed E-state index contributed by atoms with van der Waals surface area (Å²) in [4.78, 5) is 0. The van der Waals surface area contributed by atoms with E-state index in [9.17, 15) is 56.2 Å². The average molecular weight is 499 g/mol. The van der Waals surface area contributed by atoms with Crippen LogP contribution in [0.5, 0.6) is 0 Å². The highest BCUT2D eigenvalue weighted by Crippen LogP contribution is 2.30. The fraction of sp³-hybridized carbons (Fsp3) is 0.895. The van der Waals surface area contributed by atoms with E-state index in [1.165, 1.54) is 6.08 Å². The molecule has 0 saturated carbocycles. The van der Waals surface area contributed by atoms with Gasteiger partial charge in [0, 0.05) is 0 Å². The van der Waals surface area contributed by atoms with Gasteiger partial charge in [-0.3, -0.25) is 0 Å². The van der Waals surface area contributed by atoms with Crippen molar-refractivity contribution in [3.05, 3.63) is 11.6 Å². The van der Waals surface area contributed by atoms with E-state index in [0.29, 0.717) is 0 Å². The summed E-state index contributed by atoms with van der Waals surface area (Å²) in [5.74, 6) is 0. The molecule has 12 N–H and O–H groups in total. The number of ether oxygens (including phenoxy) is 3. The maximum Gasteiger partial charge on any atom is 0.187 e. The van der Waals surface area contributed by atoms with Crippen LogP contribution in [-0.4, -0.2) is 162 Å². The van der Waals surface area contributed by atoms with Gasteiger partial charge in [-0.15, -0.1) is 0 Å². The van der Waals surface area contributed by atoms with Crippen LogP contribution in [0, 0.1) is 0 Å². The van der Waals surface area contributed by atoms with Crippen molar-refractivity contribution in [2.45, 2.75) is 85.7 Å². The minimum atomic E-state index is -1.81. The van der Waals surface area contributed by atoms with Gasteiger partial charge in [-0.25, -0.2) is 0 Å². The number of hydrogen-bond acceptors (Lipinski definition) is 15. The summed E-state index contributed by atoms with van der Waals surface area (Å²) < 4.78 is 15.9. The minimum Gasteiger partial charge on any atom is -0.394 e. The van der Waals surface area contributed by atoms with E-state index in [2.05, 4.69) is 5.32 Å². The molecule has 0 amide bonds. The number of aliphatic hydroxyl groups excluding tert-OH is 11. The molecule has 14 atom stereocenters. The van der Waals surface area contributed by atoms with Crippen molar-refractivity contribution in [2.24, 2.45) is 0 Å². The van der Waals surface area contributed by atoms with Gasteiger partial charge in [-0.05, 0) is 5.57 Å². The Morgan fingerprint density at radius 1 is 0.735 bits per heavy atom. The van der Waals surface area contributed by atoms with E-state index in [-0.39, 0.29) is 5.57 Å². The van der Waals surface area contributed by atoms with Crippen molar-refractivity contribution in [1.82, 2.24) is 5.32 Å². The summed E-state index contributed by atoms with van der Waals surface area (Å²) in [6.45, 7) is -2.08. The van der Waals surface area contributed by atoms with Crippen molar-refractivity contribution in [3.63, 3.8) is 0 Å². The van der Waals surface area contributed by atoms with Crippen LogP contribution < -0.4 is 5.32 Å². The van der Waals surface area contributed by atoms with E-state index in [1.807, 2.05) is 0 Å². The van der Waals surface area contributed by atoms with Gasteiger partial charge >= 0.3 is 0 Å². The third kappa shape index (κ3) is 5.29. The topological polar surface area (TPSA) is 262 Å². The monoisotopic (exact) mass is 499 g/mol. The van der Waals surface area contributed by atoms with Gasteiger partial charge in [0.1, 0.15) is 61.0 Å². The predicted octanol–water partition coefficient (Wildman–Crippen LogP) is -7.42. The Hall–Kier alpha value is -0.860. The molecule has 0 aromatic rings. The van der Waals surface area contributed by atoms with Crippen LogP contribution in [0.2, 0.25) is 0 Å². The van der Waals surface area contributed by atoms with Gasteiger partial charge in [0.05, 0.1) is 31.9 Å². The summed E-state index contributed by atoms with van der Waals surface area (Å²) in [6.07, 6.45) is -18.2. The molecule has 15 heteroatoms. The second-order valence-electron chi connectivity index (χ2n) is 8.58. The lowest BCUT2D eigenvalue weighted by Gasteiger charge is -2.47. The zero-order chi connectivity index (χ0) is 25.3. The maximum atomic E-state index is 10.7. The fourth-order valence-electron chi connectivity index (χ4n) is 4.36. The Morgan fingerprint density at radius 2 is 1.38 bits per heavy atom. The molecule has 2 saturated heterocycles. The molecule has 0 aromatic heterocycles. The summed E-state index contributed by atoms with van der Waals surface area (Å²) in [7, 11) is 0. The fourth-order valence-corrected chi connectivity index (χ4v) is 4.36. The average Bonchev–Trinajstić information content (AvgIpc) is 2.83. The lowest BCUT2D eigenvalue weighted by atomic mass is 9.86. The van der Waals surface area contributed by atoms with Crippen molar-refractivity contribution < 1.29 is 70.4 Å². The van der Waals surface area contributed by atoms with Gasteiger partial charge in [0.2, 0.25) is 0 Å². The number of nitrogens with one attached hydrogen (secondary N) is 1. The standard InChI is InChI=1S/C19H33NO14/c21-2-5-1-6(11(25)13(27)10(5)24)20-9-7(3-22)33-19(16(30)12(9)26)34-17-8(4-23)32-18(31)15(29)14(17)28/h1,6-31H,2-4H2. The van der Waals surface area contributed by atoms with Crippen LogP contribution in [0.3, 0.4) is 0 Å². The molecule has 2 heterocycles. The number of aliphatic hydroxyl groups is 11. The molecule has 0 aromatic carbocycles. The first-order chi connectivity index (χ1) is 16.0. The quantitative estimate of drug-likeness (QED) is 0.145. The molecule has 15 nitrogen and oxygen atoms in total. The van der Waals surface area contributed by atoms with Gasteiger partial charge in [-0.2, -0.15) is 0 Å². The van der Waals surface area contributed by atoms with E-state index in [4.69, 9.17) is 14.2 Å². The molecular formula is C19H33NO14. The van der Waals surface area contributed by atoms with Crippen LogP contribution in [0.4, 0.5) is 0 Å². The summed E-state index contributed by atoms with van der Waals surface area (Å²) in [5.41, 5.74) is 0.00546. The van der Waals surface area contributed by atoms with Crippen molar-refractivity contribution in [3.8, 4) is 0 Å². The molecule has 1 aliphatic carbocycles. The zero-order valence-electron chi connectivity index (χ0n) is 17.9. The molecule has 198 valence electrons. The van der Waals surface area contributed by atoms with E-state index in [0.717, 1.165) is 0 Å². The highest BCUT2D eigenvalue weighted by atomic mass is 16.7. The maximum absolute atomic E-state index is 10.7. The summed E-state index contributed by atoms with van der Waals surface area (Å²) >= 11 is 0. The highest BCUT2D eigenvalue weighted by Gasteiger charge is 2.51. The van der Waals surface area contributed by atoms with Crippen LogP contribution in [-0.2, 0) is 14.2 Å². The van der Waals surface area contributed by atoms with Gasteiger partial charge in [-0.1, -0.05) is 6.08 Å².